The van der Waals surface area contributed by atoms with Crippen molar-refractivity contribution in [1.82, 2.24) is 5.32 Å². The molecule has 0 spiro atoms. The fourth-order valence-electron chi connectivity index (χ4n) is 2.14. The monoisotopic (exact) mass is 313 g/mol. The Morgan fingerprint density at radius 3 is 2.55 bits per heavy atom. The highest BCUT2D eigenvalue weighted by Crippen LogP contribution is 2.24. The molecule has 0 radical (unpaired) electrons. The number of benzene rings is 1. The van der Waals surface area contributed by atoms with E-state index in [-0.39, 0.29) is 6.61 Å². The van der Waals surface area contributed by atoms with Crippen LogP contribution in [-0.2, 0) is 16.0 Å². The van der Waals surface area contributed by atoms with Gasteiger partial charge in [-0.05, 0) is 19.4 Å². The number of ether oxygens (including phenoxy) is 2. The summed E-state index contributed by atoms with van der Waals surface area (Å²) in [6.45, 7) is 4.04. The Morgan fingerprint density at radius 2 is 2.00 bits per heavy atom. The zero-order chi connectivity index (χ0) is 16.2. The summed E-state index contributed by atoms with van der Waals surface area (Å²) < 4.78 is 48.1. The lowest BCUT2D eigenvalue weighted by atomic mass is 10.1. The summed E-state index contributed by atoms with van der Waals surface area (Å²) in [5.41, 5.74) is 0.958. The van der Waals surface area contributed by atoms with Crippen LogP contribution >= 0.6 is 0 Å². The van der Waals surface area contributed by atoms with Crippen LogP contribution in [0.3, 0.4) is 0 Å². The minimum Gasteiger partial charge on any atom is -0.348 e. The molecule has 1 saturated heterocycles. The van der Waals surface area contributed by atoms with Gasteiger partial charge in [0.15, 0.2) is 5.79 Å². The van der Waals surface area contributed by atoms with Crippen LogP contribution in [0.15, 0.2) is 30.3 Å². The molecular weight excluding hydrogens is 295 g/mol. The summed E-state index contributed by atoms with van der Waals surface area (Å²) in [6.07, 6.45) is -5.07. The lowest BCUT2D eigenvalue weighted by Gasteiger charge is -2.21. The van der Waals surface area contributed by atoms with Gasteiger partial charge in [0.2, 0.25) is 0 Å². The number of alkyl halides is 3. The number of hydrogen-bond donors (Lipinski definition) is 1. The molecule has 1 N–H and O–H groups in total. The molecule has 0 aliphatic carbocycles. The minimum absolute atomic E-state index is 0.200. The van der Waals surface area contributed by atoms with Crippen molar-refractivity contribution in [2.75, 3.05) is 6.61 Å². The van der Waals surface area contributed by atoms with E-state index in [0.717, 1.165) is 5.56 Å². The molecule has 0 unspecified atom stereocenters. The molecule has 2 rings (SSSR count). The summed E-state index contributed by atoms with van der Waals surface area (Å²) in [4.78, 5) is 0. The van der Waals surface area contributed by atoms with Crippen LogP contribution in [0, 0.1) is 11.8 Å². The van der Waals surface area contributed by atoms with Crippen molar-refractivity contribution in [3.63, 3.8) is 0 Å². The molecule has 1 fully saturated rings. The molecule has 120 valence electrons. The number of rotatable bonds is 4. The molecule has 1 aromatic rings. The summed E-state index contributed by atoms with van der Waals surface area (Å²) in [5, 5.41) is 3.01. The van der Waals surface area contributed by atoms with Gasteiger partial charge in [0.05, 0.1) is 12.6 Å². The molecule has 2 atom stereocenters. The molecule has 22 heavy (non-hydrogen) atoms. The van der Waals surface area contributed by atoms with Gasteiger partial charge in [0.1, 0.15) is 6.10 Å². The fraction of sp³-hybridized carbons (Fsp3) is 0.500. The van der Waals surface area contributed by atoms with E-state index in [0.29, 0.717) is 6.54 Å². The van der Waals surface area contributed by atoms with E-state index < -0.39 is 24.1 Å². The van der Waals surface area contributed by atoms with E-state index in [9.17, 15) is 13.2 Å². The average molecular weight is 313 g/mol. The van der Waals surface area contributed by atoms with Gasteiger partial charge in [0, 0.05) is 12.5 Å². The Morgan fingerprint density at radius 1 is 1.32 bits per heavy atom. The van der Waals surface area contributed by atoms with Crippen molar-refractivity contribution in [2.24, 2.45) is 0 Å². The highest BCUT2D eigenvalue weighted by atomic mass is 19.4. The molecule has 0 aromatic heterocycles. The maximum Gasteiger partial charge on any atom is 0.457 e. The van der Waals surface area contributed by atoms with Crippen molar-refractivity contribution in [3.05, 3.63) is 35.9 Å². The van der Waals surface area contributed by atoms with Gasteiger partial charge >= 0.3 is 6.18 Å². The Labute approximate surface area is 127 Å². The zero-order valence-electron chi connectivity index (χ0n) is 12.4. The first-order valence-corrected chi connectivity index (χ1v) is 6.94. The SMILES string of the molecule is CC1(C)OC[C@H]([C@H](C#CC(F)(F)F)NCc2ccccc2)O1. The second-order valence-electron chi connectivity index (χ2n) is 5.48. The van der Waals surface area contributed by atoms with E-state index in [1.807, 2.05) is 30.3 Å². The molecule has 1 heterocycles. The van der Waals surface area contributed by atoms with Crippen molar-refractivity contribution >= 4 is 0 Å². The Kier molecular flexibility index (Phi) is 5.12. The quantitative estimate of drug-likeness (QED) is 0.867. The van der Waals surface area contributed by atoms with Crippen LogP contribution in [0.4, 0.5) is 13.2 Å². The molecule has 1 aliphatic rings. The first-order valence-electron chi connectivity index (χ1n) is 6.94. The first kappa shape index (κ1) is 16.8. The molecule has 0 saturated carbocycles. The number of hydrogen-bond acceptors (Lipinski definition) is 3. The third-order valence-corrected chi connectivity index (χ3v) is 3.14. The summed E-state index contributed by atoms with van der Waals surface area (Å²) in [6, 6.07) is 8.62. The van der Waals surface area contributed by atoms with Gasteiger partial charge in [-0.1, -0.05) is 36.3 Å². The minimum atomic E-state index is -4.53. The van der Waals surface area contributed by atoms with Crippen LogP contribution in [0.5, 0.6) is 0 Å². The average Bonchev–Trinajstić information content (AvgIpc) is 2.79. The molecular formula is C16H18F3NO2. The topological polar surface area (TPSA) is 30.5 Å². The normalized spacial score (nSPS) is 22.0. The molecule has 0 bridgehead atoms. The van der Waals surface area contributed by atoms with Crippen LogP contribution in [0.1, 0.15) is 19.4 Å². The highest BCUT2D eigenvalue weighted by molar-refractivity contribution is 5.18. The summed E-state index contributed by atoms with van der Waals surface area (Å²) in [5.74, 6) is 2.72. The largest absolute Gasteiger partial charge is 0.457 e. The highest BCUT2D eigenvalue weighted by Gasteiger charge is 2.37. The molecule has 6 heteroatoms. The lowest BCUT2D eigenvalue weighted by molar-refractivity contribution is -0.139. The van der Waals surface area contributed by atoms with Crippen molar-refractivity contribution in [2.45, 2.75) is 44.5 Å². The third-order valence-electron chi connectivity index (χ3n) is 3.14. The molecule has 1 aromatic carbocycles. The smallest absolute Gasteiger partial charge is 0.348 e. The summed E-state index contributed by atoms with van der Waals surface area (Å²) in [7, 11) is 0. The molecule has 0 amide bonds. The Balaban J connectivity index is 2.06. The van der Waals surface area contributed by atoms with E-state index >= 15 is 0 Å². The van der Waals surface area contributed by atoms with Crippen LogP contribution in [0.2, 0.25) is 0 Å². The maximum atomic E-state index is 12.3. The van der Waals surface area contributed by atoms with E-state index in [4.69, 9.17) is 9.47 Å². The zero-order valence-corrected chi connectivity index (χ0v) is 12.4. The van der Waals surface area contributed by atoms with Crippen LogP contribution in [-0.4, -0.2) is 30.7 Å². The molecule has 1 aliphatic heterocycles. The van der Waals surface area contributed by atoms with Gasteiger partial charge in [-0.25, -0.2) is 0 Å². The van der Waals surface area contributed by atoms with Gasteiger partial charge in [-0.2, -0.15) is 13.2 Å². The van der Waals surface area contributed by atoms with Gasteiger partial charge in [-0.15, -0.1) is 0 Å². The standard InChI is InChI=1S/C16H18F3NO2/c1-15(2)21-11-14(22-15)13(8-9-16(17,18)19)20-10-12-6-4-3-5-7-12/h3-7,13-14,20H,10-11H2,1-2H3/t13-,14+/m0/s1. The number of halogens is 3. The van der Waals surface area contributed by atoms with Crippen LogP contribution < -0.4 is 5.32 Å². The van der Waals surface area contributed by atoms with Crippen LogP contribution in [0.25, 0.3) is 0 Å². The predicted molar refractivity (Wildman–Crippen MR) is 75.8 cm³/mol. The van der Waals surface area contributed by atoms with E-state index in [1.165, 1.54) is 5.92 Å². The summed E-state index contributed by atoms with van der Waals surface area (Å²) >= 11 is 0. The first-order chi connectivity index (χ1) is 10.3. The predicted octanol–water partition coefficient (Wildman–Crippen LogP) is 2.86. The number of nitrogens with one attached hydrogen (secondary N) is 1. The van der Waals surface area contributed by atoms with Gasteiger partial charge in [-0.3, -0.25) is 5.32 Å². The molecule has 3 nitrogen and oxygen atoms in total. The lowest BCUT2D eigenvalue weighted by Crippen LogP contribution is -2.41. The van der Waals surface area contributed by atoms with Crippen molar-refractivity contribution < 1.29 is 22.6 Å². The van der Waals surface area contributed by atoms with E-state index in [1.54, 1.807) is 13.8 Å². The van der Waals surface area contributed by atoms with Crippen molar-refractivity contribution in [3.8, 4) is 11.8 Å². The maximum absolute atomic E-state index is 12.3. The third kappa shape index (κ3) is 5.34. The second kappa shape index (κ2) is 6.69. The van der Waals surface area contributed by atoms with Gasteiger partial charge in [0.25, 0.3) is 0 Å². The second-order valence-corrected chi connectivity index (χ2v) is 5.48. The fourth-order valence-corrected chi connectivity index (χ4v) is 2.14. The van der Waals surface area contributed by atoms with Gasteiger partial charge < -0.3 is 9.47 Å². The van der Waals surface area contributed by atoms with Crippen molar-refractivity contribution in [1.29, 1.82) is 0 Å². The Hall–Kier alpha value is -1.55. The Bertz CT molecular complexity index is 546. The van der Waals surface area contributed by atoms with E-state index in [2.05, 4.69) is 11.2 Å².